The Bertz CT molecular complexity index is 935. The van der Waals surface area contributed by atoms with Crippen LogP contribution < -0.4 is 11.1 Å². The molecule has 3 rings (SSSR count). The average molecular weight is 488 g/mol. The number of carbonyl (C=O) groups excluding carboxylic acids is 2. The fourth-order valence-electron chi connectivity index (χ4n) is 3.13. The van der Waals surface area contributed by atoms with Gasteiger partial charge in [-0.05, 0) is 25.3 Å². The molecule has 168 valence electrons. The molecule has 1 saturated heterocycles. The van der Waals surface area contributed by atoms with Crippen molar-refractivity contribution in [2.75, 3.05) is 11.5 Å². The number of fused-ring (bicyclic) bond motifs is 1. The highest BCUT2D eigenvalue weighted by atomic mass is 32.2. The number of hydrogen-bond donors (Lipinski definition) is 4. The highest BCUT2D eigenvalue weighted by Gasteiger charge is 2.54. The monoisotopic (exact) mass is 487 g/mol. The molecule has 0 saturated carbocycles. The Kier molecular flexibility index (Phi) is 7.56. The second kappa shape index (κ2) is 9.97. The predicted octanol–water partition coefficient (Wildman–Crippen LogP) is 0.259. The molecule has 0 radical (unpaired) electrons. The van der Waals surface area contributed by atoms with Crippen LogP contribution in [0.4, 0.5) is 0 Å². The summed E-state index contributed by atoms with van der Waals surface area (Å²) in [5, 5.41) is 29.3. The normalized spacial score (nSPS) is 21.4. The lowest BCUT2D eigenvalue weighted by molar-refractivity contribution is -0.150. The Labute approximate surface area is 189 Å². The predicted molar refractivity (Wildman–Crippen MR) is 115 cm³/mol. The van der Waals surface area contributed by atoms with Gasteiger partial charge in [0.25, 0.3) is 5.91 Å². The third-order valence-electron chi connectivity index (χ3n) is 4.68. The van der Waals surface area contributed by atoms with Crippen LogP contribution in [-0.4, -0.2) is 78.0 Å². The number of aliphatic carboxylic acids is 2. The van der Waals surface area contributed by atoms with Crippen molar-refractivity contribution in [3.8, 4) is 0 Å². The van der Waals surface area contributed by atoms with E-state index in [1.165, 1.54) is 39.8 Å². The Morgan fingerprint density at radius 2 is 2.10 bits per heavy atom. The summed E-state index contributed by atoms with van der Waals surface area (Å²) in [4.78, 5) is 48.6. The van der Waals surface area contributed by atoms with Gasteiger partial charge in [0, 0.05) is 17.9 Å². The molecule has 0 aliphatic carbocycles. The fourth-order valence-corrected chi connectivity index (χ4v) is 6.43. The zero-order valence-electron chi connectivity index (χ0n) is 16.4. The molecular formula is C17H21N5O6S3. The van der Waals surface area contributed by atoms with E-state index in [0.29, 0.717) is 17.1 Å². The van der Waals surface area contributed by atoms with E-state index < -0.39 is 41.2 Å². The molecule has 1 fully saturated rings. The first kappa shape index (κ1) is 23.5. The molecule has 2 aliphatic rings. The van der Waals surface area contributed by atoms with E-state index in [1.54, 1.807) is 0 Å². The van der Waals surface area contributed by atoms with Gasteiger partial charge in [-0.15, -0.1) is 22.0 Å². The lowest BCUT2D eigenvalue weighted by Gasteiger charge is -2.49. The summed E-state index contributed by atoms with van der Waals surface area (Å²) in [5.74, 6) is -2.40. The van der Waals surface area contributed by atoms with E-state index in [9.17, 15) is 24.3 Å². The van der Waals surface area contributed by atoms with Crippen LogP contribution in [0.3, 0.4) is 0 Å². The van der Waals surface area contributed by atoms with Crippen molar-refractivity contribution < 1.29 is 29.4 Å². The van der Waals surface area contributed by atoms with Crippen molar-refractivity contribution in [2.24, 2.45) is 5.73 Å². The van der Waals surface area contributed by atoms with Crippen LogP contribution in [0.5, 0.6) is 0 Å². The second-order valence-electron chi connectivity index (χ2n) is 6.92. The first-order valence-corrected chi connectivity index (χ1v) is 12.1. The number of carboxylic acid groups (broad SMARTS) is 2. The first-order chi connectivity index (χ1) is 14.7. The number of aryl methyl sites for hydroxylation is 1. The van der Waals surface area contributed by atoms with Gasteiger partial charge in [0.1, 0.15) is 28.2 Å². The quantitative estimate of drug-likeness (QED) is 0.263. The molecule has 31 heavy (non-hydrogen) atoms. The number of nitrogens with one attached hydrogen (secondary N) is 1. The molecule has 1 aromatic rings. The minimum Gasteiger partial charge on any atom is -0.480 e. The van der Waals surface area contributed by atoms with E-state index in [-0.39, 0.29) is 25.0 Å². The molecule has 0 aromatic carbocycles. The number of nitrogens with two attached hydrogens (primary N) is 1. The number of β-lactam (4-membered cyclic amide) rings is 1. The standard InChI is InChI=1S/C17H21N5O6S3/c1-7-20-21-17(31-7)30-6-8-5-29-14-11(13(24)22(14)12(8)16(27)28)19-10(23)4-2-3-9(18)15(25)26/h9,11,14H,2-6,18H2,1H3,(H,19,23)(H,25,26)(H,27,28)/t9?,11?,14-/m0/s1. The zero-order chi connectivity index (χ0) is 22.7. The summed E-state index contributed by atoms with van der Waals surface area (Å²) in [5.41, 5.74) is 5.98. The molecule has 0 bridgehead atoms. The van der Waals surface area contributed by atoms with Crippen LogP contribution >= 0.6 is 34.9 Å². The summed E-state index contributed by atoms with van der Waals surface area (Å²) < 4.78 is 0.726. The van der Waals surface area contributed by atoms with Gasteiger partial charge < -0.3 is 21.3 Å². The average Bonchev–Trinajstić information content (AvgIpc) is 3.14. The summed E-state index contributed by atoms with van der Waals surface area (Å²) >= 11 is 4.18. The van der Waals surface area contributed by atoms with Crippen molar-refractivity contribution >= 4 is 58.6 Å². The Hall–Kier alpha value is -2.16. The number of amides is 2. The van der Waals surface area contributed by atoms with Crippen LogP contribution in [0.1, 0.15) is 24.3 Å². The van der Waals surface area contributed by atoms with Gasteiger partial charge in [0.05, 0.1) is 0 Å². The lowest BCUT2D eigenvalue weighted by atomic mass is 10.0. The molecule has 14 heteroatoms. The van der Waals surface area contributed by atoms with Crippen LogP contribution in [-0.2, 0) is 19.2 Å². The third kappa shape index (κ3) is 5.37. The van der Waals surface area contributed by atoms with Crippen molar-refractivity contribution in [1.82, 2.24) is 20.4 Å². The van der Waals surface area contributed by atoms with Gasteiger partial charge in [0.15, 0.2) is 4.34 Å². The van der Waals surface area contributed by atoms with E-state index in [4.69, 9.17) is 10.8 Å². The van der Waals surface area contributed by atoms with Crippen LogP contribution in [0.15, 0.2) is 15.6 Å². The topological polar surface area (TPSA) is 176 Å². The number of hydrogen-bond acceptors (Lipinski definition) is 10. The highest BCUT2D eigenvalue weighted by Crippen LogP contribution is 2.41. The third-order valence-corrected chi connectivity index (χ3v) is 8.08. The Morgan fingerprint density at radius 1 is 1.35 bits per heavy atom. The van der Waals surface area contributed by atoms with E-state index >= 15 is 0 Å². The van der Waals surface area contributed by atoms with Gasteiger partial charge in [-0.3, -0.25) is 19.3 Å². The number of rotatable bonds is 10. The van der Waals surface area contributed by atoms with E-state index in [1.807, 2.05) is 6.92 Å². The van der Waals surface area contributed by atoms with Crippen LogP contribution in [0.2, 0.25) is 0 Å². The zero-order valence-corrected chi connectivity index (χ0v) is 18.9. The fraction of sp³-hybridized carbons (Fsp3) is 0.529. The number of carboxylic acids is 2. The van der Waals surface area contributed by atoms with Gasteiger partial charge in [-0.25, -0.2) is 4.79 Å². The van der Waals surface area contributed by atoms with Crippen LogP contribution in [0, 0.1) is 6.92 Å². The second-order valence-corrected chi connectivity index (χ2v) is 10.4. The van der Waals surface area contributed by atoms with Crippen molar-refractivity contribution in [2.45, 2.75) is 48.0 Å². The molecule has 3 heterocycles. The van der Waals surface area contributed by atoms with Gasteiger partial charge >= 0.3 is 11.9 Å². The molecule has 3 atom stereocenters. The number of nitrogens with zero attached hydrogens (tertiary/aromatic N) is 3. The Morgan fingerprint density at radius 3 is 2.71 bits per heavy atom. The molecule has 0 spiro atoms. The molecule has 11 nitrogen and oxygen atoms in total. The van der Waals surface area contributed by atoms with Gasteiger partial charge in [-0.2, -0.15) is 0 Å². The van der Waals surface area contributed by atoms with Crippen LogP contribution in [0.25, 0.3) is 0 Å². The Balaban J connectivity index is 1.59. The molecule has 2 amide bonds. The molecule has 2 aliphatic heterocycles. The molecule has 2 unspecified atom stereocenters. The number of aromatic nitrogens is 2. The summed E-state index contributed by atoms with van der Waals surface area (Å²) in [6, 6.07) is -1.84. The summed E-state index contributed by atoms with van der Waals surface area (Å²) in [7, 11) is 0. The minimum absolute atomic E-state index is 0.0347. The SMILES string of the molecule is Cc1nnc(SCC2=C(C(=O)O)N3C(=O)C(NC(=O)CCCC(N)C(=O)O)[C@@H]3SC2)s1. The maximum atomic E-state index is 12.6. The maximum Gasteiger partial charge on any atom is 0.352 e. The molecular weight excluding hydrogens is 466 g/mol. The molecule has 1 aromatic heterocycles. The van der Waals surface area contributed by atoms with E-state index in [0.717, 1.165) is 9.35 Å². The summed E-state index contributed by atoms with van der Waals surface area (Å²) in [6.45, 7) is 1.83. The minimum atomic E-state index is -1.19. The maximum absolute atomic E-state index is 12.6. The summed E-state index contributed by atoms with van der Waals surface area (Å²) in [6.07, 6.45) is 0.453. The number of carbonyl (C=O) groups is 4. The first-order valence-electron chi connectivity index (χ1n) is 9.29. The van der Waals surface area contributed by atoms with E-state index in [2.05, 4.69) is 15.5 Å². The molecule has 5 N–H and O–H groups in total. The van der Waals surface area contributed by atoms with Crippen molar-refractivity contribution in [1.29, 1.82) is 0 Å². The van der Waals surface area contributed by atoms with Gasteiger partial charge in [0.2, 0.25) is 5.91 Å². The van der Waals surface area contributed by atoms with Crippen molar-refractivity contribution in [3.63, 3.8) is 0 Å². The smallest absolute Gasteiger partial charge is 0.352 e. The lowest BCUT2D eigenvalue weighted by Crippen LogP contribution is -2.70. The highest BCUT2D eigenvalue weighted by molar-refractivity contribution is 8.01. The van der Waals surface area contributed by atoms with Gasteiger partial charge in [-0.1, -0.05) is 23.1 Å². The number of thioether (sulfide) groups is 2. The largest absolute Gasteiger partial charge is 0.480 e. The van der Waals surface area contributed by atoms with Crippen molar-refractivity contribution in [3.05, 3.63) is 16.3 Å².